The van der Waals surface area contributed by atoms with Crippen LogP contribution in [-0.2, 0) is 6.42 Å². The van der Waals surface area contributed by atoms with Crippen LogP contribution in [0.5, 0.6) is 0 Å². The highest BCUT2D eigenvalue weighted by molar-refractivity contribution is 5.25. The molecule has 0 N–H and O–H groups in total. The van der Waals surface area contributed by atoms with Crippen LogP contribution in [0.15, 0.2) is 41.5 Å². The van der Waals surface area contributed by atoms with E-state index in [1.165, 1.54) is 16.7 Å². The maximum Gasteiger partial charge on any atom is 0.259 e. The molecule has 0 amide bonds. The van der Waals surface area contributed by atoms with Gasteiger partial charge in [0.1, 0.15) is 11.6 Å². The molecule has 3 nitrogen and oxygen atoms in total. The van der Waals surface area contributed by atoms with Crippen molar-refractivity contribution in [2.75, 3.05) is 0 Å². The van der Waals surface area contributed by atoms with Crippen LogP contribution in [0.3, 0.4) is 0 Å². The van der Waals surface area contributed by atoms with E-state index < -0.39 is 5.82 Å². The van der Waals surface area contributed by atoms with E-state index in [0.29, 0.717) is 11.7 Å². The zero-order valence-electron chi connectivity index (χ0n) is 10.4. The SMILES string of the molecule is CC(C)Cc1cccn(-c2ccc(F)cn2)c1=O. The normalized spacial score (nSPS) is 10.9. The first-order valence-corrected chi connectivity index (χ1v) is 5.90. The number of halogens is 1. The molecular weight excluding hydrogens is 231 g/mol. The molecule has 18 heavy (non-hydrogen) atoms. The molecule has 0 aliphatic carbocycles. The van der Waals surface area contributed by atoms with Gasteiger partial charge in [-0.15, -0.1) is 0 Å². The average molecular weight is 246 g/mol. The summed E-state index contributed by atoms with van der Waals surface area (Å²) in [7, 11) is 0. The Kier molecular flexibility index (Phi) is 3.55. The largest absolute Gasteiger partial charge is 0.269 e. The van der Waals surface area contributed by atoms with E-state index in [0.717, 1.165) is 18.2 Å². The first kappa shape index (κ1) is 12.5. The number of pyridine rings is 2. The molecule has 0 radical (unpaired) electrons. The maximum absolute atomic E-state index is 12.8. The molecule has 2 aromatic rings. The van der Waals surface area contributed by atoms with E-state index >= 15 is 0 Å². The summed E-state index contributed by atoms with van der Waals surface area (Å²) in [6, 6.07) is 6.42. The fourth-order valence-corrected chi connectivity index (χ4v) is 1.83. The monoisotopic (exact) mass is 246 g/mol. The zero-order valence-corrected chi connectivity index (χ0v) is 10.4. The van der Waals surface area contributed by atoms with Crippen LogP contribution in [0.2, 0.25) is 0 Å². The van der Waals surface area contributed by atoms with Crippen molar-refractivity contribution in [3.05, 3.63) is 58.4 Å². The summed E-state index contributed by atoms with van der Waals surface area (Å²) in [5, 5.41) is 0. The molecule has 0 aromatic carbocycles. The second-order valence-electron chi connectivity index (χ2n) is 4.64. The van der Waals surface area contributed by atoms with Gasteiger partial charge in [0.15, 0.2) is 0 Å². The Morgan fingerprint density at radius 3 is 2.72 bits per heavy atom. The summed E-state index contributed by atoms with van der Waals surface area (Å²) in [6.07, 6.45) is 3.48. The molecule has 2 aromatic heterocycles. The highest BCUT2D eigenvalue weighted by Gasteiger charge is 2.07. The molecule has 0 bridgehead atoms. The van der Waals surface area contributed by atoms with E-state index in [2.05, 4.69) is 18.8 Å². The van der Waals surface area contributed by atoms with E-state index in [1.54, 1.807) is 6.20 Å². The summed E-state index contributed by atoms with van der Waals surface area (Å²) in [4.78, 5) is 16.1. The Morgan fingerprint density at radius 2 is 2.11 bits per heavy atom. The number of aromatic nitrogens is 2. The molecule has 4 heteroatoms. The Labute approximate surface area is 105 Å². The summed E-state index contributed by atoms with van der Waals surface area (Å²) in [5.41, 5.74) is 0.656. The summed E-state index contributed by atoms with van der Waals surface area (Å²) < 4.78 is 14.2. The second-order valence-corrected chi connectivity index (χ2v) is 4.64. The van der Waals surface area contributed by atoms with Gasteiger partial charge in [0, 0.05) is 11.8 Å². The van der Waals surface area contributed by atoms with Crippen molar-refractivity contribution in [1.29, 1.82) is 0 Å². The number of nitrogens with zero attached hydrogens (tertiary/aromatic N) is 2. The zero-order chi connectivity index (χ0) is 13.1. The molecule has 0 aliphatic rings. The predicted octanol–water partition coefficient (Wildman–Crippen LogP) is 2.57. The number of hydrogen-bond acceptors (Lipinski definition) is 2. The lowest BCUT2D eigenvalue weighted by Gasteiger charge is -2.08. The lowest BCUT2D eigenvalue weighted by atomic mass is 10.0. The molecule has 0 saturated carbocycles. The molecular formula is C14H15FN2O. The van der Waals surface area contributed by atoms with Gasteiger partial charge in [-0.25, -0.2) is 9.37 Å². The minimum Gasteiger partial charge on any atom is -0.269 e. The highest BCUT2D eigenvalue weighted by atomic mass is 19.1. The van der Waals surface area contributed by atoms with E-state index in [9.17, 15) is 9.18 Å². The van der Waals surface area contributed by atoms with E-state index in [4.69, 9.17) is 0 Å². The molecule has 2 heterocycles. The fourth-order valence-electron chi connectivity index (χ4n) is 1.83. The van der Waals surface area contributed by atoms with Crippen LogP contribution in [-0.4, -0.2) is 9.55 Å². The van der Waals surface area contributed by atoms with E-state index in [1.807, 2.05) is 12.1 Å². The fraction of sp³-hybridized carbons (Fsp3) is 0.286. The number of hydrogen-bond donors (Lipinski definition) is 0. The van der Waals surface area contributed by atoms with Gasteiger partial charge < -0.3 is 0 Å². The van der Waals surface area contributed by atoms with Crippen molar-refractivity contribution < 1.29 is 4.39 Å². The van der Waals surface area contributed by atoms with Gasteiger partial charge in [0.2, 0.25) is 0 Å². The van der Waals surface area contributed by atoms with Gasteiger partial charge in [-0.05, 0) is 30.5 Å². The van der Waals surface area contributed by atoms with Crippen molar-refractivity contribution in [2.24, 2.45) is 5.92 Å². The summed E-state index contributed by atoms with van der Waals surface area (Å²) >= 11 is 0. The Bertz CT molecular complexity index is 587. The topological polar surface area (TPSA) is 34.9 Å². The van der Waals surface area contributed by atoms with Crippen LogP contribution < -0.4 is 5.56 Å². The van der Waals surface area contributed by atoms with Gasteiger partial charge in [-0.1, -0.05) is 19.9 Å². The Balaban J connectivity index is 2.46. The average Bonchev–Trinajstić information content (AvgIpc) is 2.33. The van der Waals surface area contributed by atoms with E-state index in [-0.39, 0.29) is 5.56 Å². The first-order chi connectivity index (χ1) is 8.58. The standard InChI is InChI=1S/C14H15FN2O/c1-10(2)8-11-4-3-7-17(14(11)18)13-6-5-12(15)9-16-13/h3-7,9-10H,8H2,1-2H3. The van der Waals surface area contributed by atoms with Crippen LogP contribution in [0.1, 0.15) is 19.4 Å². The second kappa shape index (κ2) is 5.12. The van der Waals surface area contributed by atoms with Crippen molar-refractivity contribution in [3.8, 4) is 5.82 Å². The van der Waals surface area contributed by atoms with Crippen LogP contribution in [0.4, 0.5) is 4.39 Å². The predicted molar refractivity (Wildman–Crippen MR) is 68.3 cm³/mol. The molecule has 2 rings (SSSR count). The summed E-state index contributed by atoms with van der Waals surface area (Å²) in [6.45, 7) is 4.12. The summed E-state index contributed by atoms with van der Waals surface area (Å²) in [5.74, 6) is 0.437. The van der Waals surface area contributed by atoms with Gasteiger partial charge in [-0.3, -0.25) is 9.36 Å². The van der Waals surface area contributed by atoms with Gasteiger partial charge in [-0.2, -0.15) is 0 Å². The minimum atomic E-state index is -0.412. The maximum atomic E-state index is 12.8. The molecule has 0 spiro atoms. The lowest BCUT2D eigenvalue weighted by Crippen LogP contribution is -2.23. The molecule has 0 unspecified atom stereocenters. The Hall–Kier alpha value is -1.97. The smallest absolute Gasteiger partial charge is 0.259 e. The van der Waals surface area contributed by atoms with Crippen molar-refractivity contribution in [3.63, 3.8) is 0 Å². The third-order valence-corrected chi connectivity index (χ3v) is 2.61. The van der Waals surface area contributed by atoms with Gasteiger partial charge in [0.05, 0.1) is 6.20 Å². The minimum absolute atomic E-state index is 0.0923. The first-order valence-electron chi connectivity index (χ1n) is 5.90. The molecule has 0 fully saturated rings. The third-order valence-electron chi connectivity index (χ3n) is 2.61. The number of rotatable bonds is 3. The highest BCUT2D eigenvalue weighted by Crippen LogP contribution is 2.06. The van der Waals surface area contributed by atoms with Gasteiger partial charge >= 0.3 is 0 Å². The quantitative estimate of drug-likeness (QED) is 0.834. The molecule has 0 saturated heterocycles. The van der Waals surface area contributed by atoms with Gasteiger partial charge in [0.25, 0.3) is 5.56 Å². The molecule has 94 valence electrons. The molecule has 0 aliphatic heterocycles. The van der Waals surface area contributed by atoms with Crippen molar-refractivity contribution in [1.82, 2.24) is 9.55 Å². The third kappa shape index (κ3) is 2.64. The molecule has 0 atom stereocenters. The van der Waals surface area contributed by atoms with Crippen LogP contribution >= 0.6 is 0 Å². The van der Waals surface area contributed by atoms with Crippen LogP contribution in [0, 0.1) is 11.7 Å². The lowest BCUT2D eigenvalue weighted by molar-refractivity contribution is 0.619. The van der Waals surface area contributed by atoms with Crippen molar-refractivity contribution in [2.45, 2.75) is 20.3 Å². The van der Waals surface area contributed by atoms with Crippen molar-refractivity contribution >= 4 is 0 Å². The Morgan fingerprint density at radius 1 is 1.33 bits per heavy atom. The van der Waals surface area contributed by atoms with Crippen LogP contribution in [0.25, 0.3) is 5.82 Å².